The molecule has 0 aromatic heterocycles. The summed E-state index contributed by atoms with van der Waals surface area (Å²) < 4.78 is 17.0. The topological polar surface area (TPSA) is 29.5 Å². The van der Waals surface area contributed by atoms with Crippen LogP contribution in [0.1, 0.15) is 58.9 Å². The van der Waals surface area contributed by atoms with E-state index < -0.39 is 10.6 Å². The largest absolute Gasteiger partial charge is 0.295 e. The second-order valence-electron chi connectivity index (χ2n) is 6.34. The molecule has 1 saturated carbocycles. The van der Waals surface area contributed by atoms with Crippen molar-refractivity contribution in [1.29, 1.82) is 0 Å². The Kier molecular flexibility index (Phi) is 7.95. The van der Waals surface area contributed by atoms with Gasteiger partial charge < -0.3 is 0 Å². The van der Waals surface area contributed by atoms with E-state index in [9.17, 15) is 4.55 Å². The van der Waals surface area contributed by atoms with Gasteiger partial charge in [0, 0.05) is 6.26 Å². The maximum absolute atomic E-state index is 10.8. The maximum Gasteiger partial charge on any atom is 0.0856 e. The van der Waals surface area contributed by atoms with Crippen molar-refractivity contribution in [3.8, 4) is 0 Å². The third-order valence-corrected chi connectivity index (χ3v) is 6.25. The van der Waals surface area contributed by atoms with Crippen molar-refractivity contribution < 1.29 is 8.74 Å². The molecule has 3 heteroatoms. The summed E-state index contributed by atoms with van der Waals surface area (Å²) in [5, 5.41) is 0. The van der Waals surface area contributed by atoms with Crippen molar-refractivity contribution >= 4 is 10.6 Å². The van der Waals surface area contributed by atoms with E-state index in [1.165, 1.54) is 18.4 Å². The molecule has 0 aliphatic heterocycles. The predicted octanol–water partition coefficient (Wildman–Crippen LogP) is 6.43. The van der Waals surface area contributed by atoms with Gasteiger partial charge in [-0.3, -0.25) is 8.74 Å². The smallest absolute Gasteiger partial charge is 0.0856 e. The normalized spacial score (nSPS) is 29.0. The molecule has 0 bridgehead atoms. The van der Waals surface area contributed by atoms with E-state index in [0.29, 0.717) is 11.8 Å². The van der Waals surface area contributed by atoms with Gasteiger partial charge in [0.05, 0.1) is 11.0 Å². The van der Waals surface area contributed by atoms with Crippen LogP contribution in [0.2, 0.25) is 0 Å². The van der Waals surface area contributed by atoms with Crippen LogP contribution in [0.25, 0.3) is 0 Å². The van der Waals surface area contributed by atoms with Gasteiger partial charge in [0.15, 0.2) is 0 Å². The van der Waals surface area contributed by atoms with Crippen LogP contribution in [0.4, 0.5) is 0 Å². The minimum atomic E-state index is -2.14. The van der Waals surface area contributed by atoms with Gasteiger partial charge in [-0.15, -0.1) is 0 Å². The molecule has 22 heavy (non-hydrogen) atoms. The third-order valence-electron chi connectivity index (χ3n) is 4.48. The predicted molar refractivity (Wildman–Crippen MR) is 98.6 cm³/mol. The van der Waals surface area contributed by atoms with Crippen molar-refractivity contribution in [3.63, 3.8) is 0 Å². The number of aryl methyl sites for hydroxylation is 1. The Bertz CT molecular complexity index is 428. The minimum absolute atomic E-state index is 0.204. The van der Waals surface area contributed by atoms with E-state index in [0.717, 1.165) is 17.7 Å². The van der Waals surface area contributed by atoms with Gasteiger partial charge in [0.2, 0.25) is 0 Å². The average Bonchev–Trinajstić information content (AvgIpc) is 2.49. The summed E-state index contributed by atoms with van der Waals surface area (Å²) in [5.41, 5.74) is 1.21. The van der Waals surface area contributed by atoms with Crippen LogP contribution in [0.3, 0.4) is 0 Å². The second-order valence-corrected chi connectivity index (χ2v) is 8.61. The lowest BCUT2D eigenvalue weighted by molar-refractivity contribution is 0.0730. The number of rotatable bonds is 4. The average molecular weight is 327 g/mol. The molecule has 1 aliphatic rings. The summed E-state index contributed by atoms with van der Waals surface area (Å²) in [6.45, 7) is 10.6. The Morgan fingerprint density at radius 1 is 1.18 bits per heavy atom. The Morgan fingerprint density at radius 3 is 2.32 bits per heavy atom. The molecule has 1 aliphatic carbocycles. The summed E-state index contributed by atoms with van der Waals surface area (Å²) in [4.78, 5) is 0.927. The first kappa shape index (κ1) is 19.5. The van der Waals surface area contributed by atoms with Gasteiger partial charge in [-0.1, -0.05) is 58.2 Å². The molecular weight excluding hydrogens is 292 g/mol. The van der Waals surface area contributed by atoms with Crippen molar-refractivity contribution in [3.05, 3.63) is 29.8 Å². The summed E-state index contributed by atoms with van der Waals surface area (Å²) in [6, 6.07) is 8.08. The Labute approximate surface area is 139 Å². The first-order chi connectivity index (χ1) is 10.4. The van der Waals surface area contributed by atoms with Gasteiger partial charge in [-0.2, -0.15) is 10.6 Å². The van der Waals surface area contributed by atoms with Crippen molar-refractivity contribution in [1.82, 2.24) is 0 Å². The maximum atomic E-state index is 10.8. The third kappa shape index (κ3) is 5.29. The molecule has 0 radical (unpaired) electrons. The quantitative estimate of drug-likeness (QED) is 0.690. The highest BCUT2D eigenvalue weighted by molar-refractivity contribution is 8.24. The molecular formula is C19H34O2S. The Morgan fingerprint density at radius 2 is 1.77 bits per heavy atom. The molecule has 1 unspecified atom stereocenters. The molecule has 2 nitrogen and oxygen atoms in total. The molecule has 2 rings (SSSR count). The first-order valence-corrected chi connectivity index (χ1v) is 10.6. The molecule has 4 atom stereocenters. The molecule has 1 N–H and O–H groups in total. The number of hydrogen-bond acceptors (Lipinski definition) is 2. The lowest BCUT2D eigenvalue weighted by Gasteiger charge is -2.43. The zero-order chi connectivity index (χ0) is 16.8. The SMILES string of the molecule is CC.CC[C@H]1CC[C@H](C)C[C@@H]1OS(C)(O)c1ccc(C)cc1. The molecule has 0 spiro atoms. The highest BCUT2D eigenvalue weighted by Gasteiger charge is 2.32. The zero-order valence-corrected chi connectivity index (χ0v) is 16.0. The van der Waals surface area contributed by atoms with Crippen LogP contribution in [-0.4, -0.2) is 16.9 Å². The van der Waals surface area contributed by atoms with Gasteiger partial charge in [-0.25, -0.2) is 0 Å². The van der Waals surface area contributed by atoms with Crippen molar-refractivity contribution in [2.75, 3.05) is 6.26 Å². The van der Waals surface area contributed by atoms with E-state index in [1.807, 2.05) is 44.4 Å². The zero-order valence-electron chi connectivity index (χ0n) is 15.1. The van der Waals surface area contributed by atoms with Crippen LogP contribution < -0.4 is 0 Å². The van der Waals surface area contributed by atoms with Crippen molar-refractivity contribution in [2.45, 2.75) is 71.3 Å². The fourth-order valence-corrected chi connectivity index (χ4v) is 4.53. The van der Waals surface area contributed by atoms with Crippen LogP contribution in [-0.2, 0) is 4.18 Å². The summed E-state index contributed by atoms with van der Waals surface area (Å²) in [5.74, 6) is 1.30. The fourth-order valence-electron chi connectivity index (χ4n) is 3.06. The summed E-state index contributed by atoms with van der Waals surface area (Å²) in [7, 11) is -2.14. The Hall–Kier alpha value is -0.510. The summed E-state index contributed by atoms with van der Waals surface area (Å²) >= 11 is 0. The lowest BCUT2D eigenvalue weighted by Crippen LogP contribution is -2.31. The van der Waals surface area contributed by atoms with Gasteiger partial charge in [0.25, 0.3) is 0 Å². The molecule has 128 valence electrons. The number of benzene rings is 1. The lowest BCUT2D eigenvalue weighted by atomic mass is 9.79. The van der Waals surface area contributed by atoms with Crippen LogP contribution in [0, 0.1) is 18.8 Å². The highest BCUT2D eigenvalue weighted by Crippen LogP contribution is 2.53. The van der Waals surface area contributed by atoms with Gasteiger partial charge in [-0.05, 0) is 43.7 Å². The van der Waals surface area contributed by atoms with Crippen LogP contribution in [0.5, 0.6) is 0 Å². The second kappa shape index (κ2) is 8.95. The van der Waals surface area contributed by atoms with Gasteiger partial charge in [0.1, 0.15) is 0 Å². The Balaban J connectivity index is 0.00000116. The van der Waals surface area contributed by atoms with E-state index >= 15 is 0 Å². The number of hydrogen-bond donors (Lipinski definition) is 1. The van der Waals surface area contributed by atoms with Crippen LogP contribution in [0.15, 0.2) is 29.2 Å². The summed E-state index contributed by atoms with van der Waals surface area (Å²) in [6.07, 6.45) is 6.79. The van der Waals surface area contributed by atoms with E-state index in [-0.39, 0.29) is 6.10 Å². The standard InChI is InChI=1S/C17H28O2S.C2H6/c1-5-15-9-6-14(3)12-17(15)19-20(4,18)16-10-7-13(2)8-11-16;1-2/h7-8,10-11,14-15,17-18H,5-6,9,12H2,1-4H3;1-2H3/t14-,15-,17-;/m0./s1. The molecule has 1 fully saturated rings. The fraction of sp³-hybridized carbons (Fsp3) is 0.684. The molecule has 1 aromatic rings. The van der Waals surface area contributed by atoms with E-state index in [1.54, 1.807) is 0 Å². The van der Waals surface area contributed by atoms with Gasteiger partial charge >= 0.3 is 0 Å². The monoisotopic (exact) mass is 326 g/mol. The highest BCUT2D eigenvalue weighted by atomic mass is 32.3. The molecule has 0 saturated heterocycles. The first-order valence-electron chi connectivity index (χ1n) is 8.68. The van der Waals surface area contributed by atoms with E-state index in [4.69, 9.17) is 4.18 Å². The van der Waals surface area contributed by atoms with Crippen LogP contribution >= 0.6 is 10.6 Å². The van der Waals surface area contributed by atoms with Crippen molar-refractivity contribution in [2.24, 2.45) is 11.8 Å². The minimum Gasteiger partial charge on any atom is -0.295 e. The molecule has 1 aromatic carbocycles. The van der Waals surface area contributed by atoms with E-state index in [2.05, 4.69) is 20.8 Å². The molecule has 0 heterocycles. The molecule has 0 amide bonds.